The van der Waals surface area contributed by atoms with Crippen LogP contribution < -0.4 is 5.32 Å². The Hall–Kier alpha value is -2.26. The van der Waals surface area contributed by atoms with E-state index in [1.165, 1.54) is 11.3 Å². The number of imide groups is 1. The molecule has 2 fully saturated rings. The van der Waals surface area contributed by atoms with Crippen molar-refractivity contribution in [2.75, 3.05) is 45.8 Å². The zero-order valence-corrected chi connectivity index (χ0v) is 15.3. The van der Waals surface area contributed by atoms with Crippen molar-refractivity contribution in [1.29, 1.82) is 0 Å². The van der Waals surface area contributed by atoms with Crippen LogP contribution in [0.2, 0.25) is 0 Å². The highest BCUT2D eigenvalue weighted by Crippen LogP contribution is 2.12. The van der Waals surface area contributed by atoms with E-state index in [-0.39, 0.29) is 43.0 Å². The molecular formula is C17H22N4O4S. The minimum atomic E-state index is -0.320. The van der Waals surface area contributed by atoms with E-state index < -0.39 is 0 Å². The summed E-state index contributed by atoms with van der Waals surface area (Å²) in [4.78, 5) is 52.2. The smallest absolute Gasteiger partial charge is 0.254 e. The van der Waals surface area contributed by atoms with Crippen molar-refractivity contribution in [2.45, 2.75) is 12.8 Å². The number of nitrogens with one attached hydrogen (secondary N) is 1. The Morgan fingerprint density at radius 1 is 1.08 bits per heavy atom. The monoisotopic (exact) mass is 378 g/mol. The van der Waals surface area contributed by atoms with E-state index in [2.05, 4.69) is 10.2 Å². The fourth-order valence-corrected chi connectivity index (χ4v) is 3.73. The van der Waals surface area contributed by atoms with Crippen LogP contribution in [0.4, 0.5) is 0 Å². The van der Waals surface area contributed by atoms with E-state index in [0.717, 1.165) is 23.6 Å². The molecular weight excluding hydrogens is 356 g/mol. The Kier molecular flexibility index (Phi) is 6.00. The quantitative estimate of drug-likeness (QED) is 0.691. The molecule has 3 heterocycles. The van der Waals surface area contributed by atoms with Gasteiger partial charge in [-0.25, -0.2) is 0 Å². The minimum absolute atomic E-state index is 0.0687. The van der Waals surface area contributed by atoms with E-state index in [9.17, 15) is 19.2 Å². The van der Waals surface area contributed by atoms with Crippen LogP contribution in [-0.4, -0.2) is 84.1 Å². The Morgan fingerprint density at radius 3 is 2.38 bits per heavy atom. The fourth-order valence-electron chi connectivity index (χ4n) is 3.10. The molecule has 1 aromatic heterocycles. The SMILES string of the molecule is O=C(CN1C(=O)CCC1=O)NCCN1CCN(C(=O)c2ccsc2)CC1. The normalized spacial score (nSPS) is 18.5. The van der Waals surface area contributed by atoms with Crippen molar-refractivity contribution < 1.29 is 19.2 Å². The molecule has 8 nitrogen and oxygen atoms in total. The number of carbonyl (C=O) groups is 4. The highest BCUT2D eigenvalue weighted by Gasteiger charge is 2.30. The first kappa shape index (κ1) is 18.5. The van der Waals surface area contributed by atoms with Gasteiger partial charge in [0.25, 0.3) is 5.91 Å². The van der Waals surface area contributed by atoms with Crippen LogP contribution in [-0.2, 0) is 14.4 Å². The summed E-state index contributed by atoms with van der Waals surface area (Å²) in [5.41, 5.74) is 0.738. The Bertz CT molecular complexity index is 667. The van der Waals surface area contributed by atoms with Gasteiger partial charge in [0.05, 0.1) is 5.56 Å². The standard InChI is InChI=1S/C17H22N4O4S/c22-14(11-21-15(23)1-2-16(21)24)18-4-5-19-6-8-20(9-7-19)17(25)13-3-10-26-12-13/h3,10,12H,1-2,4-9,11H2,(H,18,22). The summed E-state index contributed by atoms with van der Waals surface area (Å²) in [5, 5.41) is 6.51. The van der Waals surface area contributed by atoms with Gasteiger partial charge in [0, 0.05) is 57.5 Å². The van der Waals surface area contributed by atoms with Gasteiger partial charge in [0.1, 0.15) is 6.54 Å². The summed E-state index contributed by atoms with van der Waals surface area (Å²) in [6.45, 7) is 3.78. The van der Waals surface area contributed by atoms with E-state index in [1.54, 1.807) is 0 Å². The van der Waals surface area contributed by atoms with Gasteiger partial charge in [-0.15, -0.1) is 0 Å². The van der Waals surface area contributed by atoms with Crippen LogP contribution in [0.1, 0.15) is 23.2 Å². The second-order valence-corrected chi connectivity index (χ2v) is 7.15. The van der Waals surface area contributed by atoms with Crippen LogP contribution in [0.25, 0.3) is 0 Å². The molecule has 1 N–H and O–H groups in total. The largest absolute Gasteiger partial charge is 0.353 e. The number of likely N-dealkylation sites (tertiary alicyclic amines) is 1. The zero-order chi connectivity index (χ0) is 18.5. The van der Waals surface area contributed by atoms with Crippen molar-refractivity contribution in [1.82, 2.24) is 20.0 Å². The molecule has 3 rings (SSSR count). The lowest BCUT2D eigenvalue weighted by molar-refractivity contribution is -0.142. The number of rotatable bonds is 6. The number of thiophene rings is 1. The Labute approximate surface area is 155 Å². The molecule has 2 saturated heterocycles. The average Bonchev–Trinajstić information content (AvgIpc) is 3.28. The van der Waals surface area contributed by atoms with Crippen molar-refractivity contribution >= 4 is 35.0 Å². The molecule has 9 heteroatoms. The summed E-state index contributed by atoms with van der Waals surface area (Å²) in [6.07, 6.45) is 0.390. The van der Waals surface area contributed by atoms with Gasteiger partial charge in [0.15, 0.2) is 0 Å². The maximum Gasteiger partial charge on any atom is 0.254 e. The Morgan fingerprint density at radius 2 is 1.77 bits per heavy atom. The first-order valence-electron chi connectivity index (χ1n) is 8.68. The lowest BCUT2D eigenvalue weighted by Gasteiger charge is -2.34. The number of hydrogen-bond donors (Lipinski definition) is 1. The predicted molar refractivity (Wildman–Crippen MR) is 95.6 cm³/mol. The van der Waals surface area contributed by atoms with Gasteiger partial charge in [-0.1, -0.05) is 0 Å². The molecule has 0 bridgehead atoms. The minimum Gasteiger partial charge on any atom is -0.353 e. The summed E-state index contributed by atoms with van der Waals surface area (Å²) in [7, 11) is 0. The maximum absolute atomic E-state index is 12.3. The van der Waals surface area contributed by atoms with Crippen LogP contribution in [0.3, 0.4) is 0 Å². The molecule has 2 aliphatic heterocycles. The maximum atomic E-state index is 12.3. The lowest BCUT2D eigenvalue weighted by Crippen LogP contribution is -2.50. The second-order valence-electron chi connectivity index (χ2n) is 6.37. The number of piperazine rings is 1. The van der Waals surface area contributed by atoms with Crippen molar-refractivity contribution in [3.8, 4) is 0 Å². The van der Waals surface area contributed by atoms with Crippen LogP contribution >= 0.6 is 11.3 Å². The third-order valence-corrected chi connectivity index (χ3v) is 5.32. The first-order valence-corrected chi connectivity index (χ1v) is 9.62. The molecule has 4 amide bonds. The molecule has 140 valence electrons. The van der Waals surface area contributed by atoms with Crippen LogP contribution in [0, 0.1) is 0 Å². The number of nitrogens with zero attached hydrogens (tertiary/aromatic N) is 3. The number of carbonyl (C=O) groups excluding carboxylic acids is 4. The van der Waals surface area contributed by atoms with E-state index in [1.807, 2.05) is 21.7 Å². The highest BCUT2D eigenvalue weighted by atomic mass is 32.1. The molecule has 0 aromatic carbocycles. The number of hydrogen-bond acceptors (Lipinski definition) is 6. The molecule has 26 heavy (non-hydrogen) atoms. The predicted octanol–water partition coefficient (Wildman–Crippen LogP) is -0.229. The number of amides is 4. The summed E-state index contributed by atoms with van der Waals surface area (Å²) < 4.78 is 0. The van der Waals surface area contributed by atoms with Gasteiger partial charge >= 0.3 is 0 Å². The van der Waals surface area contributed by atoms with Gasteiger partial charge < -0.3 is 10.2 Å². The molecule has 0 unspecified atom stereocenters. The van der Waals surface area contributed by atoms with Crippen molar-refractivity contribution in [3.05, 3.63) is 22.4 Å². The van der Waals surface area contributed by atoms with Gasteiger partial charge in [0.2, 0.25) is 17.7 Å². The average molecular weight is 378 g/mol. The lowest BCUT2D eigenvalue weighted by atomic mass is 10.2. The molecule has 2 aliphatic rings. The molecule has 0 aliphatic carbocycles. The molecule has 0 spiro atoms. The highest BCUT2D eigenvalue weighted by molar-refractivity contribution is 7.08. The Balaban J connectivity index is 1.34. The van der Waals surface area contributed by atoms with E-state index in [0.29, 0.717) is 26.2 Å². The molecule has 1 aromatic rings. The molecule has 0 saturated carbocycles. The first-order chi connectivity index (χ1) is 12.5. The third kappa shape index (κ3) is 4.47. The summed E-state index contributed by atoms with van der Waals surface area (Å²) in [5.74, 6) is -0.813. The molecule has 0 radical (unpaired) electrons. The van der Waals surface area contributed by atoms with Crippen LogP contribution in [0.15, 0.2) is 16.8 Å². The van der Waals surface area contributed by atoms with Gasteiger partial charge in [-0.3, -0.25) is 29.0 Å². The van der Waals surface area contributed by atoms with Crippen molar-refractivity contribution in [2.24, 2.45) is 0 Å². The summed E-state index contributed by atoms with van der Waals surface area (Å²) >= 11 is 1.51. The molecule has 0 atom stereocenters. The zero-order valence-electron chi connectivity index (χ0n) is 14.5. The van der Waals surface area contributed by atoms with Crippen LogP contribution in [0.5, 0.6) is 0 Å². The second kappa shape index (κ2) is 8.41. The fraction of sp³-hybridized carbons (Fsp3) is 0.529. The summed E-state index contributed by atoms with van der Waals surface area (Å²) in [6, 6.07) is 1.84. The third-order valence-electron chi connectivity index (χ3n) is 4.63. The van der Waals surface area contributed by atoms with Gasteiger partial charge in [-0.05, 0) is 11.4 Å². The van der Waals surface area contributed by atoms with Gasteiger partial charge in [-0.2, -0.15) is 11.3 Å². The topological polar surface area (TPSA) is 90.0 Å². The van der Waals surface area contributed by atoms with Crippen molar-refractivity contribution in [3.63, 3.8) is 0 Å². The van der Waals surface area contributed by atoms with E-state index >= 15 is 0 Å². The van der Waals surface area contributed by atoms with E-state index in [4.69, 9.17) is 0 Å².